The van der Waals surface area contributed by atoms with Crippen LogP contribution in [0.4, 0.5) is 0 Å². The maximum absolute atomic E-state index is 11.4. The van der Waals surface area contributed by atoms with E-state index < -0.39 is 17.9 Å². The maximum atomic E-state index is 11.4. The molecule has 82 valence electrons. The molecule has 2 amide bonds. The van der Waals surface area contributed by atoms with Crippen LogP contribution in [-0.2, 0) is 16.6 Å². The van der Waals surface area contributed by atoms with Crippen LogP contribution in [0.1, 0.15) is 11.6 Å². The van der Waals surface area contributed by atoms with Gasteiger partial charge in [-0.15, -0.1) is 0 Å². The molecule has 1 atom stereocenters. The lowest BCUT2D eigenvalue weighted by atomic mass is 10.1. The molecule has 1 aromatic rings. The van der Waals surface area contributed by atoms with E-state index in [2.05, 4.69) is 10.4 Å². The lowest BCUT2D eigenvalue weighted by Crippen LogP contribution is -2.39. The van der Waals surface area contributed by atoms with Gasteiger partial charge in [0.05, 0.1) is 12.7 Å². The van der Waals surface area contributed by atoms with Crippen LogP contribution in [-0.4, -0.2) is 28.1 Å². The molecule has 5 N–H and O–H groups in total. The average Bonchev–Trinajstić information content (AvgIpc) is 2.60. The van der Waals surface area contributed by atoms with E-state index in [4.69, 9.17) is 11.5 Å². The molecule has 1 rings (SSSR count). The van der Waals surface area contributed by atoms with Crippen molar-refractivity contribution in [3.8, 4) is 0 Å². The normalized spacial score (nSPS) is 12.1. The van der Waals surface area contributed by atoms with E-state index in [-0.39, 0.29) is 6.54 Å². The van der Waals surface area contributed by atoms with E-state index in [0.717, 1.165) is 0 Å². The fraction of sp³-hybridized carbons (Fsp3) is 0.375. The van der Waals surface area contributed by atoms with Gasteiger partial charge in [-0.3, -0.25) is 14.3 Å². The molecule has 0 saturated heterocycles. The second-order valence-electron chi connectivity index (χ2n) is 3.11. The lowest BCUT2D eigenvalue weighted by Gasteiger charge is -2.08. The standard InChI is InChI=1S/C8H13N5O2/c1-13-4-5(2-12-13)7(10)8(15)11-3-6(9)14/h2,4,7H,3,10H2,1H3,(H2,9,14)(H,11,15). The van der Waals surface area contributed by atoms with Gasteiger partial charge in [0.2, 0.25) is 11.8 Å². The number of aromatic nitrogens is 2. The van der Waals surface area contributed by atoms with Crippen molar-refractivity contribution in [3.63, 3.8) is 0 Å². The summed E-state index contributed by atoms with van der Waals surface area (Å²) < 4.78 is 1.54. The van der Waals surface area contributed by atoms with Crippen molar-refractivity contribution in [3.05, 3.63) is 18.0 Å². The topological polar surface area (TPSA) is 116 Å². The summed E-state index contributed by atoms with van der Waals surface area (Å²) in [4.78, 5) is 21.8. The molecular weight excluding hydrogens is 198 g/mol. The Bertz CT molecular complexity index is 373. The van der Waals surface area contributed by atoms with Crippen molar-refractivity contribution in [2.24, 2.45) is 18.5 Å². The molecule has 0 aliphatic rings. The minimum Gasteiger partial charge on any atom is -0.368 e. The van der Waals surface area contributed by atoms with Gasteiger partial charge in [0.25, 0.3) is 0 Å². The first-order valence-corrected chi connectivity index (χ1v) is 4.31. The van der Waals surface area contributed by atoms with Crippen LogP contribution in [0.15, 0.2) is 12.4 Å². The first-order chi connectivity index (χ1) is 7.00. The molecule has 7 heteroatoms. The Labute approximate surface area is 86.4 Å². The highest BCUT2D eigenvalue weighted by Crippen LogP contribution is 2.07. The predicted molar refractivity (Wildman–Crippen MR) is 52.3 cm³/mol. The van der Waals surface area contributed by atoms with Gasteiger partial charge in [0.15, 0.2) is 0 Å². The molecule has 0 fully saturated rings. The predicted octanol–water partition coefficient (Wildman–Crippen LogP) is -1.98. The summed E-state index contributed by atoms with van der Waals surface area (Å²) in [6, 6.07) is -0.835. The molecule has 7 nitrogen and oxygen atoms in total. The number of nitrogens with two attached hydrogens (primary N) is 2. The monoisotopic (exact) mass is 211 g/mol. The van der Waals surface area contributed by atoms with E-state index in [1.165, 1.54) is 10.9 Å². The van der Waals surface area contributed by atoms with E-state index in [9.17, 15) is 9.59 Å². The van der Waals surface area contributed by atoms with Gasteiger partial charge in [-0.2, -0.15) is 5.10 Å². The van der Waals surface area contributed by atoms with Crippen LogP contribution in [0.25, 0.3) is 0 Å². The first-order valence-electron chi connectivity index (χ1n) is 4.31. The summed E-state index contributed by atoms with van der Waals surface area (Å²) in [5, 5.41) is 6.19. The second-order valence-corrected chi connectivity index (χ2v) is 3.11. The molecule has 0 aliphatic heterocycles. The SMILES string of the molecule is Cn1cc(C(N)C(=O)NCC(N)=O)cn1. The van der Waals surface area contributed by atoms with Crippen LogP contribution >= 0.6 is 0 Å². The van der Waals surface area contributed by atoms with Crippen LogP contribution in [0.2, 0.25) is 0 Å². The van der Waals surface area contributed by atoms with Crippen LogP contribution in [0.5, 0.6) is 0 Å². The third-order valence-electron chi connectivity index (χ3n) is 1.80. The molecule has 15 heavy (non-hydrogen) atoms. The second kappa shape index (κ2) is 4.56. The lowest BCUT2D eigenvalue weighted by molar-refractivity contribution is -0.125. The zero-order valence-electron chi connectivity index (χ0n) is 8.30. The largest absolute Gasteiger partial charge is 0.368 e. The van der Waals surface area contributed by atoms with Crippen molar-refractivity contribution < 1.29 is 9.59 Å². The summed E-state index contributed by atoms with van der Waals surface area (Å²) >= 11 is 0. The molecule has 0 bridgehead atoms. The molecular formula is C8H13N5O2. The van der Waals surface area contributed by atoms with Crippen molar-refractivity contribution in [1.29, 1.82) is 0 Å². The Morgan fingerprint density at radius 1 is 1.67 bits per heavy atom. The summed E-state index contributed by atoms with van der Waals surface area (Å²) in [5.74, 6) is -1.07. The highest BCUT2D eigenvalue weighted by atomic mass is 16.2. The number of nitrogens with one attached hydrogen (secondary N) is 1. The van der Waals surface area contributed by atoms with Crippen LogP contribution < -0.4 is 16.8 Å². The van der Waals surface area contributed by atoms with Crippen LogP contribution in [0.3, 0.4) is 0 Å². The Kier molecular flexibility index (Phi) is 3.40. The van der Waals surface area contributed by atoms with E-state index in [1.807, 2.05) is 0 Å². The Morgan fingerprint density at radius 2 is 2.33 bits per heavy atom. The fourth-order valence-corrected chi connectivity index (χ4v) is 1.04. The summed E-state index contributed by atoms with van der Waals surface area (Å²) in [6.45, 7) is -0.215. The fourth-order valence-electron chi connectivity index (χ4n) is 1.04. The quantitative estimate of drug-likeness (QED) is 0.535. The number of carbonyl (C=O) groups excluding carboxylic acids is 2. The number of amides is 2. The smallest absolute Gasteiger partial charge is 0.242 e. The number of hydrogen-bond acceptors (Lipinski definition) is 4. The maximum Gasteiger partial charge on any atom is 0.242 e. The number of hydrogen-bond donors (Lipinski definition) is 3. The van der Waals surface area contributed by atoms with Gasteiger partial charge in [-0.1, -0.05) is 0 Å². The average molecular weight is 211 g/mol. The molecule has 0 radical (unpaired) electrons. The van der Waals surface area contributed by atoms with E-state index in [1.54, 1.807) is 13.2 Å². The van der Waals surface area contributed by atoms with Crippen LogP contribution in [0, 0.1) is 0 Å². The minimum atomic E-state index is -0.835. The third kappa shape index (κ3) is 3.06. The number of nitrogens with zero attached hydrogens (tertiary/aromatic N) is 2. The number of aryl methyl sites for hydroxylation is 1. The zero-order chi connectivity index (χ0) is 11.4. The molecule has 0 saturated carbocycles. The molecule has 1 heterocycles. The van der Waals surface area contributed by atoms with E-state index >= 15 is 0 Å². The summed E-state index contributed by atoms with van der Waals surface area (Å²) in [7, 11) is 1.72. The van der Waals surface area contributed by atoms with Crippen molar-refractivity contribution in [2.75, 3.05) is 6.54 Å². The molecule has 1 unspecified atom stereocenters. The van der Waals surface area contributed by atoms with E-state index in [0.29, 0.717) is 5.56 Å². The van der Waals surface area contributed by atoms with Gasteiger partial charge in [-0.25, -0.2) is 0 Å². The van der Waals surface area contributed by atoms with Gasteiger partial charge < -0.3 is 16.8 Å². The highest BCUT2D eigenvalue weighted by molar-refractivity contribution is 5.87. The Balaban J connectivity index is 2.56. The summed E-state index contributed by atoms with van der Waals surface area (Å²) in [5.41, 5.74) is 11.1. The van der Waals surface area contributed by atoms with Gasteiger partial charge in [0, 0.05) is 18.8 Å². The summed E-state index contributed by atoms with van der Waals surface area (Å²) in [6.07, 6.45) is 3.13. The van der Waals surface area contributed by atoms with Gasteiger partial charge in [-0.05, 0) is 0 Å². The van der Waals surface area contributed by atoms with Gasteiger partial charge >= 0.3 is 0 Å². The molecule has 0 aliphatic carbocycles. The van der Waals surface area contributed by atoms with Crippen molar-refractivity contribution in [1.82, 2.24) is 15.1 Å². The minimum absolute atomic E-state index is 0.215. The highest BCUT2D eigenvalue weighted by Gasteiger charge is 2.17. The molecule has 0 aromatic carbocycles. The zero-order valence-corrected chi connectivity index (χ0v) is 8.30. The van der Waals surface area contributed by atoms with Crippen molar-refractivity contribution >= 4 is 11.8 Å². The molecule has 0 spiro atoms. The Morgan fingerprint density at radius 3 is 2.80 bits per heavy atom. The number of rotatable bonds is 4. The van der Waals surface area contributed by atoms with Gasteiger partial charge in [0.1, 0.15) is 6.04 Å². The molecule has 1 aromatic heterocycles. The Hall–Kier alpha value is -1.89. The number of carbonyl (C=O) groups is 2. The third-order valence-corrected chi connectivity index (χ3v) is 1.80. The van der Waals surface area contributed by atoms with Crippen molar-refractivity contribution in [2.45, 2.75) is 6.04 Å². The number of primary amides is 1. The first kappa shape index (κ1) is 11.2.